The van der Waals surface area contributed by atoms with Crippen molar-refractivity contribution in [2.24, 2.45) is 0 Å². The molecule has 24 heavy (non-hydrogen) atoms. The molecule has 1 N–H and O–H groups in total. The number of hydrogen-bond donors (Lipinski definition) is 1. The fraction of sp³-hybridized carbons (Fsp3) is 0.444. The number of aromatic nitrogens is 1. The molecule has 0 atom stereocenters. The van der Waals surface area contributed by atoms with Gasteiger partial charge in [0.2, 0.25) is 5.76 Å². The Labute approximate surface area is 147 Å². The number of piperidine rings is 1. The summed E-state index contributed by atoms with van der Waals surface area (Å²) in [4.78, 5) is 18.8. The number of carbonyl (C=O) groups excluding carboxylic acids is 1. The van der Waals surface area contributed by atoms with Crippen LogP contribution < -0.4 is 5.32 Å². The van der Waals surface area contributed by atoms with E-state index in [1.54, 1.807) is 13.8 Å². The van der Waals surface area contributed by atoms with Crippen molar-refractivity contribution in [3.63, 3.8) is 0 Å². The number of likely N-dealkylation sites (tertiary alicyclic amines) is 1. The summed E-state index contributed by atoms with van der Waals surface area (Å²) < 4.78 is 5.38. The van der Waals surface area contributed by atoms with Crippen molar-refractivity contribution < 1.29 is 9.21 Å². The average Bonchev–Trinajstić information content (AvgIpc) is 2.90. The summed E-state index contributed by atoms with van der Waals surface area (Å²) in [6.45, 7) is 6.38. The smallest absolute Gasteiger partial charge is 0.289 e. The Kier molecular flexibility index (Phi) is 5.21. The minimum Gasteiger partial charge on any atom is -0.436 e. The van der Waals surface area contributed by atoms with Gasteiger partial charge in [0.15, 0.2) is 5.89 Å². The van der Waals surface area contributed by atoms with Crippen LogP contribution in [0.15, 0.2) is 28.7 Å². The van der Waals surface area contributed by atoms with Crippen LogP contribution in [0.2, 0.25) is 5.02 Å². The maximum absolute atomic E-state index is 12.3. The van der Waals surface area contributed by atoms with E-state index in [0.29, 0.717) is 17.3 Å². The lowest BCUT2D eigenvalue weighted by atomic mass is 10.0. The van der Waals surface area contributed by atoms with Gasteiger partial charge in [0, 0.05) is 37.6 Å². The predicted octanol–water partition coefficient (Wildman–Crippen LogP) is 3.34. The molecule has 3 rings (SSSR count). The van der Waals surface area contributed by atoms with E-state index in [0.717, 1.165) is 37.5 Å². The zero-order valence-corrected chi connectivity index (χ0v) is 14.8. The van der Waals surface area contributed by atoms with Crippen molar-refractivity contribution in [3.05, 3.63) is 52.2 Å². The van der Waals surface area contributed by atoms with Gasteiger partial charge in [0.1, 0.15) is 0 Å². The summed E-state index contributed by atoms with van der Waals surface area (Å²) in [5.74, 6) is 0.691. The summed E-state index contributed by atoms with van der Waals surface area (Å²) in [7, 11) is 0. The number of rotatable bonds is 4. The molecule has 1 aliphatic rings. The molecule has 1 aromatic heterocycles. The molecule has 0 radical (unpaired) electrons. The molecule has 2 aromatic rings. The molecule has 0 unspecified atom stereocenters. The molecular weight excluding hydrogens is 326 g/mol. The third kappa shape index (κ3) is 4.16. The van der Waals surface area contributed by atoms with Crippen LogP contribution in [0.1, 0.15) is 40.5 Å². The fourth-order valence-corrected chi connectivity index (χ4v) is 3.20. The van der Waals surface area contributed by atoms with E-state index >= 15 is 0 Å². The Bertz CT molecular complexity index is 704. The number of benzene rings is 1. The number of nitrogens with zero attached hydrogens (tertiary/aromatic N) is 2. The molecule has 1 aliphatic heterocycles. The normalized spacial score (nSPS) is 16.3. The number of amides is 1. The third-order valence-corrected chi connectivity index (χ3v) is 4.60. The van der Waals surface area contributed by atoms with Gasteiger partial charge in [-0.25, -0.2) is 4.98 Å². The van der Waals surface area contributed by atoms with Gasteiger partial charge in [0.05, 0.1) is 5.69 Å². The first-order chi connectivity index (χ1) is 11.5. The predicted molar refractivity (Wildman–Crippen MR) is 93.2 cm³/mol. The van der Waals surface area contributed by atoms with Crippen LogP contribution in [0.4, 0.5) is 0 Å². The summed E-state index contributed by atoms with van der Waals surface area (Å²) in [5, 5.41) is 3.83. The van der Waals surface area contributed by atoms with E-state index in [1.165, 1.54) is 5.56 Å². The van der Waals surface area contributed by atoms with Gasteiger partial charge in [-0.3, -0.25) is 9.69 Å². The highest BCUT2D eigenvalue weighted by molar-refractivity contribution is 6.30. The number of oxazole rings is 1. The monoisotopic (exact) mass is 347 g/mol. The van der Waals surface area contributed by atoms with Crippen LogP contribution in [0.3, 0.4) is 0 Å². The Morgan fingerprint density at radius 2 is 1.96 bits per heavy atom. The molecule has 0 spiro atoms. The van der Waals surface area contributed by atoms with Crippen molar-refractivity contribution in [3.8, 4) is 0 Å². The lowest BCUT2D eigenvalue weighted by Crippen LogP contribution is -2.44. The van der Waals surface area contributed by atoms with Crippen LogP contribution in [0.5, 0.6) is 0 Å². The summed E-state index contributed by atoms with van der Waals surface area (Å²) >= 11 is 5.92. The van der Waals surface area contributed by atoms with Crippen molar-refractivity contribution in [1.29, 1.82) is 0 Å². The minimum absolute atomic E-state index is 0.163. The highest BCUT2D eigenvalue weighted by Crippen LogP contribution is 2.17. The van der Waals surface area contributed by atoms with E-state index in [4.69, 9.17) is 16.0 Å². The van der Waals surface area contributed by atoms with Crippen molar-refractivity contribution in [1.82, 2.24) is 15.2 Å². The number of nitrogens with one attached hydrogen (secondary N) is 1. The second-order valence-corrected chi connectivity index (χ2v) is 6.73. The lowest BCUT2D eigenvalue weighted by Gasteiger charge is -2.32. The number of aryl methyl sites for hydroxylation is 2. The number of carbonyl (C=O) groups is 1. The number of halogens is 1. The molecule has 1 fully saturated rings. The highest BCUT2D eigenvalue weighted by atomic mass is 35.5. The van der Waals surface area contributed by atoms with Crippen LogP contribution in [0, 0.1) is 13.8 Å². The quantitative estimate of drug-likeness (QED) is 0.921. The van der Waals surface area contributed by atoms with Crippen molar-refractivity contribution in [2.75, 3.05) is 13.1 Å². The van der Waals surface area contributed by atoms with E-state index in [2.05, 4.69) is 27.3 Å². The minimum atomic E-state index is -0.163. The molecule has 1 amide bonds. The highest BCUT2D eigenvalue weighted by Gasteiger charge is 2.23. The zero-order valence-electron chi connectivity index (χ0n) is 14.0. The maximum atomic E-state index is 12.3. The summed E-state index contributed by atoms with van der Waals surface area (Å²) in [6, 6.07) is 8.15. The average molecular weight is 348 g/mol. The molecule has 0 bridgehead atoms. The Hall–Kier alpha value is -1.85. The molecule has 1 saturated heterocycles. The van der Waals surface area contributed by atoms with E-state index in [9.17, 15) is 4.79 Å². The van der Waals surface area contributed by atoms with Crippen LogP contribution in [-0.4, -0.2) is 34.9 Å². The topological polar surface area (TPSA) is 58.4 Å². The summed E-state index contributed by atoms with van der Waals surface area (Å²) in [5.41, 5.74) is 1.90. The first kappa shape index (κ1) is 17.0. The van der Waals surface area contributed by atoms with E-state index in [1.807, 2.05) is 12.1 Å². The summed E-state index contributed by atoms with van der Waals surface area (Å²) in [6.07, 6.45) is 1.87. The van der Waals surface area contributed by atoms with Crippen LogP contribution in [-0.2, 0) is 6.54 Å². The third-order valence-electron chi connectivity index (χ3n) is 4.35. The van der Waals surface area contributed by atoms with Gasteiger partial charge in [-0.2, -0.15) is 0 Å². The van der Waals surface area contributed by atoms with E-state index in [-0.39, 0.29) is 11.9 Å². The largest absolute Gasteiger partial charge is 0.436 e. The fourth-order valence-electron chi connectivity index (χ4n) is 3.08. The molecule has 0 aliphatic carbocycles. The standard InChI is InChI=1S/C18H22ClN3O2/c1-12-17(24-13(2)20-12)18(23)21-16-7-9-22(10-8-16)11-14-3-5-15(19)6-4-14/h3-6,16H,7-11H2,1-2H3,(H,21,23). The van der Waals surface area contributed by atoms with Crippen molar-refractivity contribution in [2.45, 2.75) is 39.3 Å². The van der Waals surface area contributed by atoms with Gasteiger partial charge in [-0.1, -0.05) is 23.7 Å². The lowest BCUT2D eigenvalue weighted by molar-refractivity contribution is 0.0879. The molecule has 5 nitrogen and oxygen atoms in total. The molecule has 128 valence electrons. The molecule has 2 heterocycles. The maximum Gasteiger partial charge on any atom is 0.289 e. The van der Waals surface area contributed by atoms with Crippen LogP contribution in [0.25, 0.3) is 0 Å². The zero-order chi connectivity index (χ0) is 17.1. The SMILES string of the molecule is Cc1nc(C)c(C(=O)NC2CCN(Cc3ccc(Cl)cc3)CC2)o1. The van der Waals surface area contributed by atoms with Gasteiger partial charge in [-0.15, -0.1) is 0 Å². The Morgan fingerprint density at radius 3 is 2.54 bits per heavy atom. The van der Waals surface area contributed by atoms with Gasteiger partial charge < -0.3 is 9.73 Å². The number of hydrogen-bond acceptors (Lipinski definition) is 4. The second-order valence-electron chi connectivity index (χ2n) is 6.30. The Morgan fingerprint density at radius 1 is 1.29 bits per heavy atom. The Balaban J connectivity index is 1.49. The van der Waals surface area contributed by atoms with E-state index < -0.39 is 0 Å². The van der Waals surface area contributed by atoms with Crippen molar-refractivity contribution >= 4 is 17.5 Å². The van der Waals surface area contributed by atoms with Gasteiger partial charge in [-0.05, 0) is 37.5 Å². The van der Waals surface area contributed by atoms with Crippen LogP contribution >= 0.6 is 11.6 Å². The molecule has 1 aromatic carbocycles. The molecule has 6 heteroatoms. The molecular formula is C18H22ClN3O2. The second kappa shape index (κ2) is 7.36. The molecule has 0 saturated carbocycles. The first-order valence-electron chi connectivity index (χ1n) is 8.23. The van der Waals surface area contributed by atoms with Gasteiger partial charge in [0.25, 0.3) is 5.91 Å². The first-order valence-corrected chi connectivity index (χ1v) is 8.61. The van der Waals surface area contributed by atoms with Gasteiger partial charge >= 0.3 is 0 Å².